The molecule has 0 N–H and O–H groups in total. The smallest absolute Gasteiger partial charge is 0.191 e. The minimum atomic E-state index is -0.265. The van der Waals surface area contributed by atoms with Crippen molar-refractivity contribution in [3.63, 3.8) is 0 Å². The Balaban J connectivity index is 1.81. The van der Waals surface area contributed by atoms with Gasteiger partial charge in [0.1, 0.15) is 11.6 Å². The fraction of sp³-hybridized carbons (Fsp3) is 0.211. The van der Waals surface area contributed by atoms with Crippen molar-refractivity contribution in [1.82, 2.24) is 14.8 Å². The van der Waals surface area contributed by atoms with E-state index in [1.807, 2.05) is 60.1 Å². The Morgan fingerprint density at radius 1 is 1.04 bits per heavy atom. The molecule has 1 aromatic heterocycles. The molecule has 0 spiro atoms. The van der Waals surface area contributed by atoms with Gasteiger partial charge in [-0.3, -0.25) is 4.79 Å². The van der Waals surface area contributed by atoms with Gasteiger partial charge in [0.2, 0.25) is 0 Å². The van der Waals surface area contributed by atoms with Crippen LogP contribution in [-0.4, -0.2) is 20.5 Å². The van der Waals surface area contributed by atoms with Gasteiger partial charge in [0.05, 0.1) is 5.25 Å². The van der Waals surface area contributed by atoms with Crippen molar-refractivity contribution in [2.45, 2.75) is 23.8 Å². The monoisotopic (exact) mass is 337 g/mol. The van der Waals surface area contributed by atoms with E-state index >= 15 is 0 Å². The Morgan fingerprint density at radius 2 is 1.67 bits per heavy atom. The molecule has 0 saturated carbocycles. The van der Waals surface area contributed by atoms with Crippen molar-refractivity contribution < 1.29 is 4.79 Å². The first-order valence-corrected chi connectivity index (χ1v) is 8.67. The first-order valence-electron chi connectivity index (χ1n) is 7.79. The molecule has 0 aliphatic heterocycles. The predicted octanol–water partition coefficient (Wildman–Crippen LogP) is 3.83. The molecule has 0 amide bonds. The minimum absolute atomic E-state index is 0.110. The van der Waals surface area contributed by atoms with Gasteiger partial charge in [-0.25, -0.2) is 0 Å². The van der Waals surface area contributed by atoms with Crippen LogP contribution in [0.1, 0.15) is 29.1 Å². The summed E-state index contributed by atoms with van der Waals surface area (Å²) in [7, 11) is 1.95. The van der Waals surface area contributed by atoms with Crippen LogP contribution in [-0.2, 0) is 18.3 Å². The Kier molecular flexibility index (Phi) is 5.11. The van der Waals surface area contributed by atoms with Crippen LogP contribution >= 0.6 is 11.8 Å². The van der Waals surface area contributed by atoms with Crippen LogP contribution in [0.4, 0.5) is 0 Å². The summed E-state index contributed by atoms with van der Waals surface area (Å²) in [5.74, 6) is 0.998. The lowest BCUT2D eigenvalue weighted by Crippen LogP contribution is -2.07. The number of hydrogen-bond acceptors (Lipinski definition) is 4. The molecule has 3 rings (SSSR count). The van der Waals surface area contributed by atoms with E-state index in [1.54, 1.807) is 6.92 Å². The van der Waals surface area contributed by atoms with E-state index in [0.29, 0.717) is 0 Å². The highest BCUT2D eigenvalue weighted by molar-refractivity contribution is 8.00. The molecule has 3 aromatic rings. The number of carbonyl (C=O) groups excluding carboxylic acids is 1. The number of hydrogen-bond donors (Lipinski definition) is 0. The SMILES string of the molecule is CC(=O)[C@@H](Sc1nnc(Cc2ccccc2)n1C)c1ccccc1. The van der Waals surface area contributed by atoms with Gasteiger partial charge in [0.25, 0.3) is 0 Å². The number of thioether (sulfide) groups is 1. The molecule has 2 aromatic carbocycles. The second-order valence-corrected chi connectivity index (χ2v) is 6.71. The van der Waals surface area contributed by atoms with E-state index in [4.69, 9.17) is 0 Å². The lowest BCUT2D eigenvalue weighted by Gasteiger charge is -2.13. The zero-order valence-electron chi connectivity index (χ0n) is 13.7. The van der Waals surface area contributed by atoms with Crippen molar-refractivity contribution in [1.29, 1.82) is 0 Å². The maximum atomic E-state index is 12.1. The molecular weight excluding hydrogens is 318 g/mol. The molecule has 24 heavy (non-hydrogen) atoms. The highest BCUT2D eigenvalue weighted by atomic mass is 32.2. The van der Waals surface area contributed by atoms with Crippen LogP contribution in [0.2, 0.25) is 0 Å². The average molecular weight is 337 g/mol. The summed E-state index contributed by atoms with van der Waals surface area (Å²) in [5.41, 5.74) is 2.18. The summed E-state index contributed by atoms with van der Waals surface area (Å²) in [4.78, 5) is 12.1. The number of benzene rings is 2. The number of nitrogens with zero attached hydrogens (tertiary/aromatic N) is 3. The zero-order chi connectivity index (χ0) is 16.9. The van der Waals surface area contributed by atoms with E-state index in [0.717, 1.165) is 23.0 Å². The third kappa shape index (κ3) is 3.74. The molecule has 122 valence electrons. The summed E-state index contributed by atoms with van der Waals surface area (Å²) in [5, 5.41) is 9.07. The Hall–Kier alpha value is -2.40. The number of aromatic nitrogens is 3. The van der Waals surface area contributed by atoms with Crippen LogP contribution in [0, 0.1) is 0 Å². The topological polar surface area (TPSA) is 47.8 Å². The average Bonchev–Trinajstić information content (AvgIpc) is 2.94. The van der Waals surface area contributed by atoms with E-state index in [9.17, 15) is 4.79 Å². The molecule has 1 heterocycles. The van der Waals surface area contributed by atoms with Gasteiger partial charge >= 0.3 is 0 Å². The molecule has 0 bridgehead atoms. The summed E-state index contributed by atoms with van der Waals surface area (Å²) in [6.45, 7) is 1.62. The molecule has 0 aliphatic rings. The molecule has 0 unspecified atom stereocenters. The molecule has 0 aliphatic carbocycles. The minimum Gasteiger partial charge on any atom is -0.309 e. The third-order valence-corrected chi connectivity index (χ3v) is 5.23. The fourth-order valence-corrected chi connectivity index (χ4v) is 3.52. The van der Waals surface area contributed by atoms with E-state index in [-0.39, 0.29) is 11.0 Å². The summed E-state index contributed by atoms with van der Waals surface area (Å²) in [6.07, 6.45) is 0.723. The molecule has 4 nitrogen and oxygen atoms in total. The van der Waals surface area contributed by atoms with Crippen LogP contribution in [0.25, 0.3) is 0 Å². The first-order chi connectivity index (χ1) is 11.6. The van der Waals surface area contributed by atoms with Crippen molar-refractivity contribution in [2.75, 3.05) is 0 Å². The van der Waals surface area contributed by atoms with Crippen molar-refractivity contribution in [3.8, 4) is 0 Å². The van der Waals surface area contributed by atoms with Gasteiger partial charge in [-0.05, 0) is 18.1 Å². The maximum absolute atomic E-state index is 12.1. The van der Waals surface area contributed by atoms with E-state index in [2.05, 4.69) is 22.3 Å². The number of carbonyl (C=O) groups is 1. The Labute approximate surface area is 145 Å². The zero-order valence-corrected chi connectivity index (χ0v) is 14.5. The highest BCUT2D eigenvalue weighted by Crippen LogP contribution is 2.35. The molecule has 1 atom stereocenters. The Bertz CT molecular complexity index is 815. The van der Waals surface area contributed by atoms with Crippen molar-refractivity contribution in [3.05, 3.63) is 77.6 Å². The highest BCUT2D eigenvalue weighted by Gasteiger charge is 2.21. The van der Waals surface area contributed by atoms with E-state index in [1.165, 1.54) is 17.3 Å². The molecule has 5 heteroatoms. The number of rotatable bonds is 6. The predicted molar refractivity (Wildman–Crippen MR) is 96.0 cm³/mol. The molecule has 0 fully saturated rings. The van der Waals surface area contributed by atoms with Crippen molar-refractivity contribution in [2.24, 2.45) is 7.05 Å². The van der Waals surface area contributed by atoms with Gasteiger partial charge in [-0.1, -0.05) is 72.4 Å². The molecule has 0 saturated heterocycles. The van der Waals surface area contributed by atoms with Gasteiger partial charge in [0.15, 0.2) is 5.16 Å². The molecular formula is C19H19N3OS. The Morgan fingerprint density at radius 3 is 2.29 bits per heavy atom. The summed E-state index contributed by atoms with van der Waals surface area (Å²) in [6, 6.07) is 20.0. The third-order valence-electron chi connectivity index (χ3n) is 3.82. The fourth-order valence-electron chi connectivity index (χ4n) is 2.50. The van der Waals surface area contributed by atoms with Gasteiger partial charge in [-0.15, -0.1) is 10.2 Å². The summed E-state index contributed by atoms with van der Waals surface area (Å²) >= 11 is 1.45. The second-order valence-electron chi connectivity index (χ2n) is 5.64. The first kappa shape index (κ1) is 16.5. The second kappa shape index (κ2) is 7.45. The van der Waals surface area contributed by atoms with Gasteiger partial charge < -0.3 is 4.57 Å². The van der Waals surface area contributed by atoms with Crippen LogP contribution < -0.4 is 0 Å². The normalized spacial score (nSPS) is 12.1. The lowest BCUT2D eigenvalue weighted by molar-refractivity contribution is -0.116. The molecule has 0 radical (unpaired) electrons. The maximum Gasteiger partial charge on any atom is 0.191 e. The van der Waals surface area contributed by atoms with Crippen LogP contribution in [0.15, 0.2) is 65.8 Å². The summed E-state index contributed by atoms with van der Waals surface area (Å²) < 4.78 is 1.97. The van der Waals surface area contributed by atoms with Crippen molar-refractivity contribution >= 4 is 17.5 Å². The van der Waals surface area contributed by atoms with Crippen LogP contribution in [0.5, 0.6) is 0 Å². The number of ketones is 1. The quantitative estimate of drug-likeness (QED) is 0.642. The van der Waals surface area contributed by atoms with Crippen LogP contribution in [0.3, 0.4) is 0 Å². The largest absolute Gasteiger partial charge is 0.309 e. The lowest BCUT2D eigenvalue weighted by atomic mass is 10.1. The van der Waals surface area contributed by atoms with Gasteiger partial charge in [0, 0.05) is 13.5 Å². The standard InChI is InChI=1S/C19H19N3OS/c1-14(23)18(16-11-7-4-8-12-16)24-19-21-20-17(22(19)2)13-15-9-5-3-6-10-15/h3-12,18H,13H2,1-2H3/t18-/m1/s1. The van der Waals surface area contributed by atoms with E-state index < -0.39 is 0 Å². The number of Topliss-reactive ketones (excluding diaryl/α,β-unsaturated/α-hetero) is 1. The van der Waals surface area contributed by atoms with Gasteiger partial charge in [-0.2, -0.15) is 0 Å².